The van der Waals surface area contributed by atoms with E-state index in [0.29, 0.717) is 74.7 Å². The Morgan fingerprint density at radius 3 is 0.744 bits per heavy atom. The molecule has 4 aromatic heterocycles. The smallest absolute Gasteiger partial charge is 0.267 e. The van der Waals surface area contributed by atoms with Crippen LogP contribution in [-0.2, 0) is 40.1 Å². The van der Waals surface area contributed by atoms with Gasteiger partial charge in [-0.2, -0.15) is 4.39 Å². The number of sulfonamides is 4. The van der Waals surface area contributed by atoms with Gasteiger partial charge < -0.3 is 38.3 Å². The van der Waals surface area contributed by atoms with E-state index < -0.39 is 115 Å². The fraction of sp³-hybridized carbons (Fsp3) is 0.400. The molecule has 0 aliphatic heterocycles. The lowest BCUT2D eigenvalue weighted by Gasteiger charge is -2.31. The molecule has 2 unspecified atom stereocenters. The summed E-state index contributed by atoms with van der Waals surface area (Å²) in [6.45, 7) is 7.82. The maximum absolute atomic E-state index is 14.6. The summed E-state index contributed by atoms with van der Waals surface area (Å²) in [5, 5.41) is 9.39. The van der Waals surface area contributed by atoms with Crippen molar-refractivity contribution in [3.8, 4) is 85.1 Å². The number of hydrogen-bond acceptors (Lipinski definition) is 24. The first-order chi connectivity index (χ1) is 56.7. The average molecular weight is 1850 g/mol. The van der Waals surface area contributed by atoms with Crippen LogP contribution in [0.4, 0.5) is 22.0 Å². The van der Waals surface area contributed by atoms with Gasteiger partial charge in [0.15, 0.2) is 0 Å². The fourth-order valence-electron chi connectivity index (χ4n) is 12.4. The van der Waals surface area contributed by atoms with Crippen molar-refractivity contribution in [2.75, 3.05) is 53.5 Å². The molecule has 41 heteroatoms. The van der Waals surface area contributed by atoms with Crippen LogP contribution in [0.25, 0.3) is 44.5 Å². The Kier molecular flexibility index (Phi) is 33.7. The van der Waals surface area contributed by atoms with Gasteiger partial charge >= 0.3 is 0 Å². The Bertz CT molecular complexity index is 5240. The quantitative estimate of drug-likeness (QED) is 0.0248. The summed E-state index contributed by atoms with van der Waals surface area (Å²) in [6.07, 6.45) is 22.8. The predicted octanol–water partition coefficient (Wildman–Crippen LogP) is 15.0. The van der Waals surface area contributed by atoms with Crippen molar-refractivity contribution in [3.05, 3.63) is 169 Å². The number of carbonyl (C=O) groups excluding carboxylic acids is 4. The van der Waals surface area contributed by atoms with Crippen LogP contribution in [0.15, 0.2) is 97.6 Å². The van der Waals surface area contributed by atoms with Gasteiger partial charge in [0, 0.05) is 69.3 Å². The Morgan fingerprint density at radius 1 is 0.364 bits per heavy atom. The number of benzene rings is 4. The molecule has 4 aliphatic rings. The minimum absolute atomic E-state index is 0.00535. The second-order valence-corrected chi connectivity index (χ2v) is 37.6. The zero-order chi connectivity index (χ0) is 89.5. The maximum Gasteiger partial charge on any atom is 0.267 e. The molecular formula is C80H89Cl4F5N8O20S4. The number of amides is 4. The van der Waals surface area contributed by atoms with E-state index in [4.69, 9.17) is 84.7 Å². The molecule has 4 aromatic carbocycles. The highest BCUT2D eigenvalue weighted by atomic mass is 35.5. The summed E-state index contributed by atoms with van der Waals surface area (Å²) < 4.78 is 206. The highest BCUT2D eigenvalue weighted by Crippen LogP contribution is 2.43. The monoisotopic (exact) mass is 1840 g/mol. The molecule has 5 N–H and O–H groups in total. The second kappa shape index (κ2) is 42.1. The zero-order valence-corrected chi connectivity index (χ0v) is 73.7. The number of methoxy groups -OCH3 is 4. The lowest BCUT2D eigenvalue weighted by Crippen LogP contribution is -2.30. The molecule has 4 amide bonds. The van der Waals surface area contributed by atoms with E-state index in [1.165, 1.54) is 91.6 Å². The van der Waals surface area contributed by atoms with Crippen molar-refractivity contribution in [3.63, 3.8) is 0 Å². The SMILES string of the molecule is CC(O)C1CCC1.COc1cc(C(=O)NS(C)(=O)=O)c(F)cc1-c1cnc(F)c(Cl)c1.COc1cc(C(=O)NS(C)(=O)=O)c(F)cc1-c1cnc(OC(C)C2CCC2)c(Cl)c1.COc1cc(C(=O)NS(C)(=O)=O)c(F)cc1-c1cnc(O[C@@H](C)C2CCC2)c(Cl)c1.COc1cc(C(=O)NS(C)(=O)=O)c(F)cc1-c1cnc(O[C@H](C)C2CCC2)c(Cl)c1. The summed E-state index contributed by atoms with van der Waals surface area (Å²) in [7, 11) is -10.1. The third-order valence-electron chi connectivity index (χ3n) is 19.9. The fourth-order valence-corrected chi connectivity index (χ4v) is 15.0. The van der Waals surface area contributed by atoms with E-state index >= 15 is 0 Å². The Balaban J connectivity index is 0.000000195. The summed E-state index contributed by atoms with van der Waals surface area (Å²) >= 11 is 24.6. The van der Waals surface area contributed by atoms with Gasteiger partial charge in [-0.1, -0.05) is 72.1 Å². The summed E-state index contributed by atoms with van der Waals surface area (Å²) in [5.74, 6) is -5.53. The van der Waals surface area contributed by atoms with Crippen LogP contribution in [0.3, 0.4) is 0 Å². The van der Waals surface area contributed by atoms with E-state index in [2.05, 4.69) is 19.9 Å². The minimum atomic E-state index is -3.86. The largest absolute Gasteiger partial charge is 0.496 e. The number of carbonyl (C=O) groups is 4. The van der Waals surface area contributed by atoms with Crippen molar-refractivity contribution in [1.82, 2.24) is 38.8 Å². The van der Waals surface area contributed by atoms with Crippen LogP contribution in [-0.4, -0.2) is 160 Å². The van der Waals surface area contributed by atoms with E-state index in [1.54, 1.807) is 37.1 Å². The van der Waals surface area contributed by atoms with Crippen LogP contribution in [0.1, 0.15) is 146 Å². The van der Waals surface area contributed by atoms with Gasteiger partial charge in [0.2, 0.25) is 63.7 Å². The van der Waals surface area contributed by atoms with Gasteiger partial charge in [-0.05, 0) is 176 Å². The molecule has 4 fully saturated rings. The molecule has 8 aromatic rings. The number of rotatable bonds is 26. The molecule has 4 aliphatic carbocycles. The molecule has 121 heavy (non-hydrogen) atoms. The highest BCUT2D eigenvalue weighted by molar-refractivity contribution is 7.90. The Labute approximate surface area is 717 Å². The molecule has 4 atom stereocenters. The van der Waals surface area contributed by atoms with Crippen molar-refractivity contribution >= 4 is 110 Å². The molecule has 0 saturated heterocycles. The number of nitrogens with zero attached hydrogens (tertiary/aromatic N) is 4. The maximum atomic E-state index is 14.6. The van der Waals surface area contributed by atoms with E-state index in [-0.39, 0.29) is 78.6 Å². The van der Waals surface area contributed by atoms with Gasteiger partial charge in [-0.3, -0.25) is 19.2 Å². The number of aromatic nitrogens is 4. The first-order valence-electron chi connectivity index (χ1n) is 37.2. The lowest BCUT2D eigenvalue weighted by molar-refractivity contribution is 0.0779. The van der Waals surface area contributed by atoms with Crippen molar-refractivity contribution in [2.45, 2.75) is 129 Å². The zero-order valence-electron chi connectivity index (χ0n) is 67.4. The number of pyridine rings is 4. The summed E-state index contributed by atoms with van der Waals surface area (Å²) in [4.78, 5) is 64.2. The van der Waals surface area contributed by atoms with Gasteiger partial charge in [0.25, 0.3) is 23.6 Å². The van der Waals surface area contributed by atoms with Crippen LogP contribution in [0, 0.1) is 52.9 Å². The number of halogens is 9. The van der Waals surface area contributed by atoms with E-state index in [1.807, 2.05) is 27.7 Å². The highest BCUT2D eigenvalue weighted by Gasteiger charge is 2.32. The standard InChI is InChI=1S/3C20H22ClFN2O5S.C14H11ClF2N2O4S.C6H12O/c3*1-11(12-5-4-6-12)29-20-16(21)7-13(10-23-20)14-8-17(22)15(9-18(14)28-2)19(25)24-30(3,26)27;1-23-12-5-9(14(20)19-24(2,21)22)11(16)4-8(12)7-3-10(15)13(17)18-6-7;1-5(7)6-3-2-4-6/h3*7-12H,4-6H2,1-3H3,(H,24,25);3-6H,1-2H3,(H,19,20);5-7H,2-4H2,1H3/t2*11-;;;/m10.../s1. The van der Waals surface area contributed by atoms with Gasteiger partial charge in [-0.15, -0.1) is 0 Å². The number of aliphatic hydroxyl groups excluding tert-OH is 1. The van der Waals surface area contributed by atoms with Crippen molar-refractivity contribution in [2.24, 2.45) is 23.7 Å². The van der Waals surface area contributed by atoms with Crippen LogP contribution < -0.4 is 52.0 Å². The van der Waals surface area contributed by atoms with Crippen LogP contribution in [0.2, 0.25) is 20.1 Å². The van der Waals surface area contributed by atoms with Gasteiger partial charge in [-0.25, -0.2) is 90.1 Å². The van der Waals surface area contributed by atoms with Gasteiger partial charge in [0.1, 0.15) is 79.6 Å². The molecule has 4 heterocycles. The van der Waals surface area contributed by atoms with Crippen molar-refractivity contribution in [1.29, 1.82) is 0 Å². The Hall–Kier alpha value is -9.47. The normalized spacial score (nSPS) is 15.1. The number of hydrogen-bond donors (Lipinski definition) is 5. The van der Waals surface area contributed by atoms with Crippen LogP contribution in [0.5, 0.6) is 40.6 Å². The molecule has 0 bridgehead atoms. The van der Waals surface area contributed by atoms with Crippen molar-refractivity contribution < 1.29 is 113 Å². The molecule has 0 spiro atoms. The number of aliphatic hydroxyl groups is 1. The first kappa shape index (κ1) is 97.0. The van der Waals surface area contributed by atoms with Crippen LogP contribution >= 0.6 is 46.4 Å². The van der Waals surface area contributed by atoms with E-state index in [9.17, 15) is 74.8 Å². The van der Waals surface area contributed by atoms with E-state index in [0.717, 1.165) is 118 Å². The van der Waals surface area contributed by atoms with Gasteiger partial charge in [0.05, 0.1) is 86.8 Å². The Morgan fingerprint density at radius 2 is 0.579 bits per heavy atom. The third kappa shape index (κ3) is 27.3. The second-order valence-electron chi connectivity index (χ2n) is 28.9. The molecule has 12 rings (SSSR count). The number of ether oxygens (including phenoxy) is 7. The minimum Gasteiger partial charge on any atom is -0.496 e. The topological polar surface area (TPSA) is 389 Å². The number of nitrogens with one attached hydrogen (secondary N) is 4. The molecule has 0 radical (unpaired) electrons. The molecule has 4 saturated carbocycles. The third-order valence-corrected chi connectivity index (χ3v) is 23.2. The summed E-state index contributed by atoms with van der Waals surface area (Å²) in [6, 6.07) is 14.5. The first-order valence-corrected chi connectivity index (χ1v) is 46.3. The predicted molar refractivity (Wildman–Crippen MR) is 445 cm³/mol. The lowest BCUT2D eigenvalue weighted by atomic mass is 9.82. The molecule has 656 valence electrons. The molecular weight excluding hydrogens is 1760 g/mol. The molecule has 28 nitrogen and oxygen atoms in total. The average Bonchev–Trinajstić information content (AvgIpc) is 0.802. The summed E-state index contributed by atoms with van der Waals surface area (Å²) in [5.41, 5.74) is 0.780.